The third-order valence-electron chi connectivity index (χ3n) is 1.27. The van der Waals surface area contributed by atoms with E-state index in [0.29, 0.717) is 0 Å². The number of hydrogen-bond acceptors (Lipinski definition) is 7. The summed E-state index contributed by atoms with van der Waals surface area (Å²) in [6.07, 6.45) is -2.59. The Hall–Kier alpha value is 2.41. The van der Waals surface area contributed by atoms with Crippen LogP contribution in [0.25, 0.3) is 0 Å². The Kier molecular flexibility index (Phi) is 32.7. The van der Waals surface area contributed by atoms with Crippen molar-refractivity contribution in [2.24, 2.45) is 0 Å². The number of aliphatic carboxylic acids is 3. The molecule has 0 fully saturated rings. The van der Waals surface area contributed by atoms with E-state index in [1.165, 1.54) is 0 Å². The Morgan fingerprint density at radius 3 is 1.23 bits per heavy atom. The van der Waals surface area contributed by atoms with Crippen LogP contribution in [0.2, 0.25) is 0 Å². The quantitative estimate of drug-likeness (QED) is 0.212. The van der Waals surface area contributed by atoms with Gasteiger partial charge in [-0.25, -0.2) is 9.36 Å². The number of carboxylic acids is 3. The Bertz CT molecular complexity index is 365. The molecular formula is C6H9ClKNa2O11P. The molecule has 0 unspecified atom stereocenters. The van der Waals surface area contributed by atoms with Crippen molar-refractivity contribution in [3.8, 4) is 0 Å². The molecular weight excluding hydrogens is 400 g/mol. The number of rotatable bonds is 5. The van der Waals surface area contributed by atoms with Crippen molar-refractivity contribution in [1.82, 2.24) is 0 Å². The van der Waals surface area contributed by atoms with Crippen LogP contribution in [0, 0.1) is 0 Å². The van der Waals surface area contributed by atoms with Gasteiger partial charge in [0, 0.05) is 24.8 Å². The van der Waals surface area contributed by atoms with E-state index in [9.17, 15) is 24.6 Å². The van der Waals surface area contributed by atoms with Crippen molar-refractivity contribution in [3.63, 3.8) is 0 Å². The number of phosphoric acid groups is 1. The molecule has 0 heterocycles. The molecule has 5 N–H and O–H groups in total. The van der Waals surface area contributed by atoms with Crippen molar-refractivity contribution in [1.29, 1.82) is 0 Å². The molecule has 114 valence electrons. The van der Waals surface area contributed by atoms with Gasteiger partial charge >= 0.3 is 124 Å². The monoisotopic (exact) mass is 408 g/mol. The maximum absolute atomic E-state index is 10.3. The van der Waals surface area contributed by atoms with Crippen LogP contribution in [-0.4, -0.2) is 48.4 Å². The maximum Gasteiger partial charge on any atom is 1.00 e. The molecule has 0 aliphatic rings. The van der Waals surface area contributed by atoms with Crippen LogP contribution in [0.1, 0.15) is 12.8 Å². The molecule has 0 aromatic heterocycles. The summed E-state index contributed by atoms with van der Waals surface area (Å²) in [6, 6.07) is 0. The number of aliphatic hydroxyl groups is 1. The normalized spacial score (nSPS) is 9.09. The SMILES string of the molecule is O=C([O-])CC(O)(CC(=O)[O-])C(=O)O.O=P(O)(O)O.[Cl-].[K+].[Na+].[Na+]. The zero-order valence-electron chi connectivity index (χ0n) is 11.9. The minimum Gasteiger partial charge on any atom is -1.00 e. The molecule has 0 atom stereocenters. The van der Waals surface area contributed by atoms with Gasteiger partial charge in [0.15, 0.2) is 5.60 Å². The number of carbonyl (C=O) groups excluding carboxylic acids is 2. The first-order chi connectivity index (χ1) is 7.78. The fraction of sp³-hybridized carbons (Fsp3) is 0.500. The molecule has 0 saturated heterocycles. The number of halogens is 1. The van der Waals surface area contributed by atoms with Gasteiger partial charge in [-0.15, -0.1) is 0 Å². The van der Waals surface area contributed by atoms with E-state index in [1.54, 1.807) is 0 Å². The zero-order valence-corrected chi connectivity index (χ0v) is 20.7. The van der Waals surface area contributed by atoms with E-state index in [1.807, 2.05) is 0 Å². The van der Waals surface area contributed by atoms with Gasteiger partial charge in [0.2, 0.25) is 0 Å². The van der Waals surface area contributed by atoms with Gasteiger partial charge in [-0.2, -0.15) is 0 Å². The van der Waals surface area contributed by atoms with Crippen LogP contribution in [0.3, 0.4) is 0 Å². The summed E-state index contributed by atoms with van der Waals surface area (Å²) in [7, 11) is -4.64. The van der Waals surface area contributed by atoms with E-state index < -0.39 is 44.2 Å². The standard InChI is InChI=1S/C6H8O7.ClH.K.2Na.H3O4P/c7-3(8)1-6(13,5(11)12)2-4(9)10;;;;;1-5(2,3)4/h13H,1-2H2,(H,7,8)(H,9,10)(H,11,12);1H;;;;(H3,1,2,3,4)/q;;3*+1;/p-3. The van der Waals surface area contributed by atoms with Crippen molar-refractivity contribution in [2.45, 2.75) is 18.4 Å². The topological polar surface area (TPSA) is 216 Å². The first-order valence-corrected chi connectivity index (χ1v) is 5.48. The predicted molar refractivity (Wildman–Crippen MR) is 46.1 cm³/mol. The minimum absolute atomic E-state index is 0. The van der Waals surface area contributed by atoms with Crippen molar-refractivity contribution >= 4 is 25.7 Å². The van der Waals surface area contributed by atoms with Gasteiger partial charge in [-0.3, -0.25) is 0 Å². The molecule has 0 bridgehead atoms. The second-order valence-electron chi connectivity index (χ2n) is 2.95. The summed E-state index contributed by atoms with van der Waals surface area (Å²) in [6.45, 7) is 0. The number of carboxylic acid groups (broad SMARTS) is 3. The third-order valence-corrected chi connectivity index (χ3v) is 1.27. The summed E-state index contributed by atoms with van der Waals surface area (Å²) in [4.78, 5) is 51.7. The second-order valence-corrected chi connectivity index (χ2v) is 3.97. The Balaban J connectivity index is -0.0000000627. The predicted octanol–water partition coefficient (Wildman–Crippen LogP) is -16.8. The smallest absolute Gasteiger partial charge is 1.00 e. The minimum atomic E-state index is -4.64. The fourth-order valence-corrected chi connectivity index (χ4v) is 0.691. The van der Waals surface area contributed by atoms with Crippen LogP contribution in [0.5, 0.6) is 0 Å². The van der Waals surface area contributed by atoms with Crippen LogP contribution in [0.15, 0.2) is 0 Å². The van der Waals surface area contributed by atoms with Gasteiger partial charge in [0.25, 0.3) is 0 Å². The molecule has 22 heavy (non-hydrogen) atoms. The largest absolute Gasteiger partial charge is 1.00 e. The molecule has 0 aliphatic carbocycles. The first-order valence-electron chi connectivity index (χ1n) is 3.91. The zero-order chi connectivity index (χ0) is 15.1. The summed E-state index contributed by atoms with van der Waals surface area (Å²) in [5.74, 6) is -5.65. The average Bonchev–Trinajstić information content (AvgIpc) is 1.95. The number of carbonyl (C=O) groups is 3. The molecule has 0 amide bonds. The molecule has 0 saturated carbocycles. The molecule has 0 spiro atoms. The van der Waals surface area contributed by atoms with Crippen molar-refractivity contribution < 1.29 is 177 Å². The molecule has 11 nitrogen and oxygen atoms in total. The van der Waals surface area contributed by atoms with Crippen molar-refractivity contribution in [2.75, 3.05) is 0 Å². The van der Waals surface area contributed by atoms with E-state index >= 15 is 0 Å². The molecule has 0 radical (unpaired) electrons. The first kappa shape index (κ1) is 39.5. The Morgan fingerprint density at radius 2 is 1.14 bits per heavy atom. The summed E-state index contributed by atoms with van der Waals surface area (Å²) in [5, 5.41) is 37.2. The van der Waals surface area contributed by atoms with Gasteiger partial charge < -0.3 is 57.1 Å². The molecule has 0 rings (SSSR count). The van der Waals surface area contributed by atoms with Crippen LogP contribution in [-0.2, 0) is 18.9 Å². The molecule has 0 aromatic carbocycles. The third kappa shape index (κ3) is 30.3. The van der Waals surface area contributed by atoms with E-state index in [0.717, 1.165) is 0 Å². The van der Waals surface area contributed by atoms with Crippen molar-refractivity contribution in [3.05, 3.63) is 0 Å². The number of hydrogen-bond donors (Lipinski definition) is 5. The van der Waals surface area contributed by atoms with Gasteiger partial charge in [-0.05, 0) is 0 Å². The molecule has 0 aliphatic heterocycles. The maximum atomic E-state index is 10.3. The molecule has 0 aromatic rings. The van der Waals surface area contributed by atoms with Crippen LogP contribution in [0.4, 0.5) is 0 Å². The Morgan fingerprint density at radius 1 is 0.955 bits per heavy atom. The Labute approximate surface area is 217 Å². The fourth-order valence-electron chi connectivity index (χ4n) is 0.691. The summed E-state index contributed by atoms with van der Waals surface area (Å²) in [5.41, 5.74) is -2.86. The van der Waals surface area contributed by atoms with Crippen LogP contribution < -0.4 is 133 Å². The van der Waals surface area contributed by atoms with E-state index in [2.05, 4.69) is 0 Å². The summed E-state index contributed by atoms with van der Waals surface area (Å²) < 4.78 is 8.88. The van der Waals surface area contributed by atoms with Gasteiger partial charge in [0.05, 0.1) is 0 Å². The van der Waals surface area contributed by atoms with Crippen LogP contribution >= 0.6 is 7.82 Å². The second kappa shape index (κ2) is 18.2. The van der Waals surface area contributed by atoms with E-state index in [4.69, 9.17) is 29.5 Å². The van der Waals surface area contributed by atoms with Gasteiger partial charge in [-0.1, -0.05) is 0 Å². The molecule has 16 heteroatoms. The summed E-state index contributed by atoms with van der Waals surface area (Å²) >= 11 is 0. The van der Waals surface area contributed by atoms with Gasteiger partial charge in [0.1, 0.15) is 0 Å². The average molecular weight is 409 g/mol. The van der Waals surface area contributed by atoms with E-state index in [-0.39, 0.29) is 123 Å².